The Hall–Kier alpha value is -2.21. The van der Waals surface area contributed by atoms with Gasteiger partial charge in [-0.05, 0) is 37.8 Å². The first-order valence-electron chi connectivity index (χ1n) is 9.40. The first-order valence-corrected chi connectivity index (χ1v) is 9.40. The molecule has 1 amide bonds. The first kappa shape index (κ1) is 18.6. The zero-order chi connectivity index (χ0) is 18.8. The van der Waals surface area contributed by atoms with Crippen molar-refractivity contribution in [3.8, 4) is 0 Å². The molecule has 1 aromatic heterocycles. The van der Waals surface area contributed by atoms with E-state index in [1.807, 2.05) is 13.8 Å². The second kappa shape index (κ2) is 7.58. The van der Waals surface area contributed by atoms with Gasteiger partial charge in [0.1, 0.15) is 5.82 Å². The lowest BCUT2D eigenvalue weighted by molar-refractivity contribution is 0.0920. The molecule has 0 saturated carbocycles. The number of nitrogens with zero attached hydrogens (tertiary/aromatic N) is 3. The van der Waals surface area contributed by atoms with Gasteiger partial charge in [0.15, 0.2) is 5.82 Å². The second-order valence-electron chi connectivity index (χ2n) is 7.59. The molecule has 0 saturated heterocycles. The molecule has 0 spiro atoms. The van der Waals surface area contributed by atoms with Crippen LogP contribution in [0.4, 0.5) is 0 Å². The molecule has 1 aliphatic heterocycles. The standard InChI is InChI=1S/C20H29N5O/c1-12(2)18(19-24-23-16-6-7-21-8-9-25(16)19)22-20(26)17-14(4)10-13(3)11-15(17)5/h10-12,18,21H,6-9H2,1-5H3,(H,22,26)/t18-/m1/s1. The molecule has 0 radical (unpaired) electrons. The van der Waals surface area contributed by atoms with Crippen LogP contribution in [0.3, 0.4) is 0 Å². The molecule has 2 aromatic rings. The van der Waals surface area contributed by atoms with Gasteiger partial charge in [0, 0.05) is 31.6 Å². The normalized spacial score (nSPS) is 15.5. The third kappa shape index (κ3) is 3.65. The van der Waals surface area contributed by atoms with Crippen LogP contribution in [-0.2, 0) is 13.0 Å². The Kier molecular flexibility index (Phi) is 5.41. The molecule has 6 nitrogen and oxygen atoms in total. The summed E-state index contributed by atoms with van der Waals surface area (Å²) >= 11 is 0. The fourth-order valence-electron chi connectivity index (χ4n) is 3.80. The summed E-state index contributed by atoms with van der Waals surface area (Å²) in [5.41, 5.74) is 3.95. The van der Waals surface area contributed by atoms with Crippen molar-refractivity contribution >= 4 is 5.91 Å². The third-order valence-corrected chi connectivity index (χ3v) is 5.03. The van der Waals surface area contributed by atoms with Crippen molar-refractivity contribution in [2.24, 2.45) is 5.92 Å². The molecular formula is C20H29N5O. The Morgan fingerprint density at radius 3 is 2.50 bits per heavy atom. The first-order chi connectivity index (χ1) is 12.4. The molecule has 0 bridgehead atoms. The number of benzene rings is 1. The Morgan fingerprint density at radius 2 is 1.85 bits per heavy atom. The van der Waals surface area contributed by atoms with Crippen molar-refractivity contribution in [1.29, 1.82) is 0 Å². The number of carbonyl (C=O) groups excluding carboxylic acids is 1. The van der Waals surface area contributed by atoms with Crippen LogP contribution in [-0.4, -0.2) is 33.8 Å². The van der Waals surface area contributed by atoms with Gasteiger partial charge in [-0.25, -0.2) is 0 Å². The van der Waals surface area contributed by atoms with E-state index in [2.05, 4.69) is 58.3 Å². The van der Waals surface area contributed by atoms with E-state index < -0.39 is 0 Å². The highest BCUT2D eigenvalue weighted by Gasteiger charge is 2.27. The van der Waals surface area contributed by atoms with Crippen molar-refractivity contribution in [3.05, 3.63) is 46.0 Å². The van der Waals surface area contributed by atoms with Crippen LogP contribution in [0.25, 0.3) is 0 Å². The zero-order valence-corrected chi connectivity index (χ0v) is 16.4. The number of hydrogen-bond acceptors (Lipinski definition) is 4. The SMILES string of the molecule is Cc1cc(C)c(C(=O)N[C@@H](c2nnc3n2CCNCC3)C(C)C)c(C)c1. The topological polar surface area (TPSA) is 71.8 Å². The number of carbonyl (C=O) groups is 1. The van der Waals surface area contributed by atoms with Gasteiger partial charge in [0.25, 0.3) is 5.91 Å². The molecule has 1 aromatic carbocycles. The molecule has 140 valence electrons. The Labute approximate surface area is 155 Å². The maximum Gasteiger partial charge on any atom is 0.252 e. The van der Waals surface area contributed by atoms with Gasteiger partial charge in [0.2, 0.25) is 0 Å². The fraction of sp³-hybridized carbons (Fsp3) is 0.550. The molecular weight excluding hydrogens is 326 g/mol. The van der Waals surface area contributed by atoms with E-state index in [1.165, 1.54) is 5.56 Å². The predicted molar refractivity (Wildman–Crippen MR) is 102 cm³/mol. The quantitative estimate of drug-likeness (QED) is 0.884. The second-order valence-corrected chi connectivity index (χ2v) is 7.59. The molecule has 0 aliphatic carbocycles. The summed E-state index contributed by atoms with van der Waals surface area (Å²) in [5, 5.41) is 15.4. The molecule has 0 fully saturated rings. The van der Waals surface area contributed by atoms with Gasteiger partial charge in [-0.15, -0.1) is 10.2 Å². The summed E-state index contributed by atoms with van der Waals surface area (Å²) in [5.74, 6) is 2.03. The highest BCUT2D eigenvalue weighted by atomic mass is 16.1. The van der Waals surface area contributed by atoms with Crippen LogP contribution in [0.15, 0.2) is 12.1 Å². The summed E-state index contributed by atoms with van der Waals surface area (Å²) in [6.45, 7) is 12.9. The number of aryl methyl sites for hydroxylation is 3. The molecule has 6 heteroatoms. The highest BCUT2D eigenvalue weighted by molar-refractivity contribution is 5.97. The van der Waals surface area contributed by atoms with Crippen LogP contribution in [0.2, 0.25) is 0 Å². The monoisotopic (exact) mass is 355 g/mol. The van der Waals surface area contributed by atoms with Crippen LogP contribution >= 0.6 is 0 Å². The lowest BCUT2D eigenvalue weighted by Crippen LogP contribution is -2.35. The van der Waals surface area contributed by atoms with Gasteiger partial charge >= 0.3 is 0 Å². The Balaban J connectivity index is 1.91. The maximum atomic E-state index is 13.1. The van der Waals surface area contributed by atoms with E-state index in [-0.39, 0.29) is 17.9 Å². The molecule has 3 rings (SSSR count). The van der Waals surface area contributed by atoms with Crippen LogP contribution < -0.4 is 10.6 Å². The largest absolute Gasteiger partial charge is 0.342 e. The summed E-state index contributed by atoms with van der Waals surface area (Å²) in [7, 11) is 0. The van der Waals surface area contributed by atoms with E-state index >= 15 is 0 Å². The minimum Gasteiger partial charge on any atom is -0.342 e. The average Bonchev–Trinajstić information content (AvgIpc) is 2.79. The lowest BCUT2D eigenvalue weighted by atomic mass is 9.97. The van der Waals surface area contributed by atoms with Crippen molar-refractivity contribution in [2.45, 2.75) is 53.6 Å². The molecule has 1 aliphatic rings. The number of fused-ring (bicyclic) bond motifs is 1. The molecule has 1 atom stereocenters. The van der Waals surface area contributed by atoms with Crippen LogP contribution in [0.1, 0.15) is 58.6 Å². The minimum absolute atomic E-state index is 0.0391. The highest BCUT2D eigenvalue weighted by Crippen LogP contribution is 2.24. The van der Waals surface area contributed by atoms with Gasteiger partial charge in [-0.3, -0.25) is 4.79 Å². The average molecular weight is 355 g/mol. The minimum atomic E-state index is -0.165. The Morgan fingerprint density at radius 1 is 1.15 bits per heavy atom. The van der Waals surface area contributed by atoms with E-state index in [9.17, 15) is 4.79 Å². The van der Waals surface area contributed by atoms with Crippen molar-refractivity contribution in [1.82, 2.24) is 25.4 Å². The molecule has 2 heterocycles. The van der Waals surface area contributed by atoms with Gasteiger partial charge in [0.05, 0.1) is 6.04 Å². The molecule has 0 unspecified atom stereocenters. The summed E-state index contributed by atoms with van der Waals surface area (Å²) < 4.78 is 2.17. The number of nitrogens with one attached hydrogen (secondary N) is 2. The van der Waals surface area contributed by atoms with Crippen LogP contribution in [0, 0.1) is 26.7 Å². The predicted octanol–water partition coefficient (Wildman–Crippen LogP) is 2.48. The van der Waals surface area contributed by atoms with E-state index in [1.54, 1.807) is 0 Å². The van der Waals surface area contributed by atoms with Crippen molar-refractivity contribution < 1.29 is 4.79 Å². The molecule has 2 N–H and O–H groups in total. The number of aromatic nitrogens is 3. The maximum absolute atomic E-state index is 13.1. The lowest BCUT2D eigenvalue weighted by Gasteiger charge is -2.23. The van der Waals surface area contributed by atoms with E-state index in [0.29, 0.717) is 0 Å². The number of amides is 1. The third-order valence-electron chi connectivity index (χ3n) is 5.03. The Bertz CT molecular complexity index is 786. The van der Waals surface area contributed by atoms with Crippen molar-refractivity contribution in [2.75, 3.05) is 13.1 Å². The fourth-order valence-corrected chi connectivity index (χ4v) is 3.80. The summed E-state index contributed by atoms with van der Waals surface area (Å²) in [6, 6.07) is 3.95. The van der Waals surface area contributed by atoms with Gasteiger partial charge < -0.3 is 15.2 Å². The van der Waals surface area contributed by atoms with Crippen molar-refractivity contribution in [3.63, 3.8) is 0 Å². The number of hydrogen-bond donors (Lipinski definition) is 2. The summed E-state index contributed by atoms with van der Waals surface area (Å²) in [4.78, 5) is 13.1. The summed E-state index contributed by atoms with van der Waals surface area (Å²) in [6.07, 6.45) is 0.863. The zero-order valence-electron chi connectivity index (χ0n) is 16.4. The smallest absolute Gasteiger partial charge is 0.252 e. The van der Waals surface area contributed by atoms with Gasteiger partial charge in [-0.2, -0.15) is 0 Å². The van der Waals surface area contributed by atoms with Gasteiger partial charge in [-0.1, -0.05) is 31.5 Å². The molecule has 26 heavy (non-hydrogen) atoms. The van der Waals surface area contributed by atoms with E-state index in [4.69, 9.17) is 0 Å². The number of rotatable bonds is 4. The van der Waals surface area contributed by atoms with E-state index in [0.717, 1.165) is 54.4 Å². The van der Waals surface area contributed by atoms with Crippen LogP contribution in [0.5, 0.6) is 0 Å².